The highest BCUT2D eigenvalue weighted by atomic mass is 16.3. The summed E-state index contributed by atoms with van der Waals surface area (Å²) in [4.78, 5) is 25.0. The minimum Gasteiger partial charge on any atom is -0.461 e. The number of carbonyl (C=O) groups is 2. The third-order valence-electron chi connectivity index (χ3n) is 4.57. The van der Waals surface area contributed by atoms with E-state index in [0.29, 0.717) is 0 Å². The molecule has 2 aliphatic rings. The van der Waals surface area contributed by atoms with Crippen LogP contribution in [0.4, 0.5) is 5.69 Å². The van der Waals surface area contributed by atoms with Crippen LogP contribution in [-0.4, -0.2) is 35.0 Å². The molecule has 0 spiro atoms. The zero-order valence-electron chi connectivity index (χ0n) is 13.2. The molecule has 0 unspecified atom stereocenters. The fourth-order valence-electron chi connectivity index (χ4n) is 3.41. The highest BCUT2D eigenvalue weighted by molar-refractivity contribution is 6.17. The predicted molar refractivity (Wildman–Crippen MR) is 88.4 cm³/mol. The fraction of sp³-hybridized carbons (Fsp3) is 0.333. The second kappa shape index (κ2) is 5.79. The van der Waals surface area contributed by atoms with Crippen LogP contribution in [0.5, 0.6) is 0 Å². The summed E-state index contributed by atoms with van der Waals surface area (Å²) in [5.41, 5.74) is 3.09. The van der Waals surface area contributed by atoms with Crippen molar-refractivity contribution < 1.29 is 19.1 Å². The number of anilines is 1. The first-order valence-corrected chi connectivity index (χ1v) is 8.17. The van der Waals surface area contributed by atoms with Crippen molar-refractivity contribution >= 4 is 28.5 Å². The van der Waals surface area contributed by atoms with Crippen LogP contribution in [0.2, 0.25) is 0 Å². The van der Waals surface area contributed by atoms with Gasteiger partial charge >= 0.3 is 0 Å². The van der Waals surface area contributed by atoms with Crippen LogP contribution in [0, 0.1) is 0 Å². The van der Waals surface area contributed by atoms with Gasteiger partial charge in [0.2, 0.25) is 0 Å². The van der Waals surface area contributed by atoms with Gasteiger partial charge in [-0.15, -0.1) is 0 Å². The van der Waals surface area contributed by atoms with Gasteiger partial charge in [0.15, 0.2) is 0 Å². The molecular weight excluding hydrogens is 308 g/mol. The number of nitrogens with zero attached hydrogens (tertiary/aromatic N) is 1. The molecule has 2 N–H and O–H groups in total. The van der Waals surface area contributed by atoms with Crippen molar-refractivity contribution in [3.63, 3.8) is 0 Å². The second-order valence-electron chi connectivity index (χ2n) is 6.12. The van der Waals surface area contributed by atoms with E-state index in [1.165, 1.54) is 11.6 Å². The molecule has 124 valence electrons. The Labute approximate surface area is 138 Å². The molecule has 24 heavy (non-hydrogen) atoms. The predicted octanol–water partition coefficient (Wildman–Crippen LogP) is 1.97. The smallest absolute Gasteiger partial charge is 0.277 e. The Kier molecular flexibility index (Phi) is 3.61. The van der Waals surface area contributed by atoms with Crippen molar-refractivity contribution in [2.24, 2.45) is 0 Å². The van der Waals surface area contributed by atoms with Crippen LogP contribution in [-0.2, 0) is 22.4 Å². The number of aliphatic hydroxyl groups excluding tert-OH is 1. The zero-order valence-corrected chi connectivity index (χ0v) is 13.2. The number of nitrogens with one attached hydrogen (secondary N) is 1. The first kappa shape index (κ1) is 15.0. The highest BCUT2D eigenvalue weighted by Crippen LogP contribution is 2.33. The summed E-state index contributed by atoms with van der Waals surface area (Å²) in [6.07, 6.45) is 5.57. The molecule has 0 saturated heterocycles. The van der Waals surface area contributed by atoms with Gasteiger partial charge < -0.3 is 14.8 Å². The molecule has 2 aromatic rings. The Bertz CT molecular complexity index is 865. The van der Waals surface area contributed by atoms with E-state index < -0.39 is 11.8 Å². The molecule has 0 saturated carbocycles. The monoisotopic (exact) mass is 326 g/mol. The van der Waals surface area contributed by atoms with Crippen LogP contribution < -0.4 is 5.32 Å². The second-order valence-corrected chi connectivity index (χ2v) is 6.12. The first-order chi connectivity index (χ1) is 11.7. The number of hydrogen-bond acceptors (Lipinski definition) is 5. The molecule has 0 radical (unpaired) electrons. The van der Waals surface area contributed by atoms with Gasteiger partial charge in [-0.25, -0.2) is 0 Å². The molecule has 6 heteroatoms. The number of aliphatic hydroxyl groups is 1. The molecule has 1 aliphatic carbocycles. The van der Waals surface area contributed by atoms with Crippen molar-refractivity contribution in [2.75, 3.05) is 18.5 Å². The summed E-state index contributed by atoms with van der Waals surface area (Å²) in [5, 5.41) is 13.0. The first-order valence-electron chi connectivity index (χ1n) is 8.17. The number of benzene rings is 1. The Morgan fingerprint density at radius 1 is 1.21 bits per heavy atom. The summed E-state index contributed by atoms with van der Waals surface area (Å²) in [6.45, 7) is -0.237. The molecule has 0 bridgehead atoms. The Morgan fingerprint density at radius 2 is 2.04 bits per heavy atom. The molecule has 6 nitrogen and oxygen atoms in total. The van der Waals surface area contributed by atoms with Crippen LogP contribution in [0.1, 0.15) is 24.2 Å². The number of hydrogen-bond donors (Lipinski definition) is 2. The Morgan fingerprint density at radius 3 is 2.88 bits per heavy atom. The number of furan rings is 1. The van der Waals surface area contributed by atoms with Gasteiger partial charge in [0.05, 0.1) is 13.2 Å². The van der Waals surface area contributed by atoms with Crippen LogP contribution in [0.3, 0.4) is 0 Å². The standard InChI is InChI=1S/C18H18N2O4/c21-8-7-20-17(22)10-14(18(20)23)19-11-5-6-16-13(9-11)12-3-1-2-4-15(12)24-16/h5-6,9-10,19,21H,1-4,7-8H2. The van der Waals surface area contributed by atoms with Crippen LogP contribution in [0.25, 0.3) is 11.0 Å². The number of amides is 2. The summed E-state index contributed by atoms with van der Waals surface area (Å²) < 4.78 is 5.90. The number of aryl methyl sites for hydroxylation is 2. The lowest BCUT2D eigenvalue weighted by atomic mass is 9.96. The van der Waals surface area contributed by atoms with Gasteiger partial charge in [-0.05, 0) is 37.5 Å². The van der Waals surface area contributed by atoms with Crippen molar-refractivity contribution in [2.45, 2.75) is 25.7 Å². The maximum Gasteiger partial charge on any atom is 0.277 e. The number of fused-ring (bicyclic) bond motifs is 3. The topological polar surface area (TPSA) is 82.8 Å². The van der Waals surface area contributed by atoms with Gasteiger partial charge in [0.1, 0.15) is 17.0 Å². The number of imide groups is 1. The van der Waals surface area contributed by atoms with Crippen molar-refractivity contribution in [3.05, 3.63) is 41.3 Å². The summed E-state index contributed by atoms with van der Waals surface area (Å²) in [6, 6.07) is 5.70. The molecule has 0 atom stereocenters. The maximum absolute atomic E-state index is 12.2. The lowest BCUT2D eigenvalue weighted by molar-refractivity contribution is -0.137. The number of rotatable bonds is 4. The van der Waals surface area contributed by atoms with Gasteiger partial charge in [-0.1, -0.05) is 0 Å². The number of carbonyl (C=O) groups excluding carboxylic acids is 2. The van der Waals surface area contributed by atoms with Gasteiger partial charge in [0, 0.05) is 29.1 Å². The van der Waals surface area contributed by atoms with Gasteiger partial charge in [-0.3, -0.25) is 14.5 Å². The molecular formula is C18H18N2O4. The van der Waals surface area contributed by atoms with Gasteiger partial charge in [0.25, 0.3) is 11.8 Å². The van der Waals surface area contributed by atoms with Crippen LogP contribution >= 0.6 is 0 Å². The van der Waals surface area contributed by atoms with Gasteiger partial charge in [-0.2, -0.15) is 0 Å². The average Bonchev–Trinajstić information content (AvgIpc) is 3.08. The molecule has 1 aromatic carbocycles. The minimum absolute atomic E-state index is 0.00756. The van der Waals surface area contributed by atoms with Crippen molar-refractivity contribution in [1.82, 2.24) is 4.90 Å². The molecule has 1 aromatic heterocycles. The lowest BCUT2D eigenvalue weighted by Crippen LogP contribution is -2.34. The third-order valence-corrected chi connectivity index (χ3v) is 4.57. The largest absolute Gasteiger partial charge is 0.461 e. The van der Waals surface area contributed by atoms with E-state index in [2.05, 4.69) is 5.32 Å². The molecule has 4 rings (SSSR count). The van der Waals surface area contributed by atoms with E-state index in [9.17, 15) is 9.59 Å². The summed E-state index contributed by atoms with van der Waals surface area (Å²) in [5.74, 6) is 0.246. The average molecular weight is 326 g/mol. The molecule has 0 fully saturated rings. The number of β-amino-alcohol motifs (C(OH)–C–C–N with tert-alkyl or cyclic N) is 1. The lowest BCUT2D eigenvalue weighted by Gasteiger charge is -2.13. The van der Waals surface area contributed by atoms with Crippen LogP contribution in [0.15, 0.2) is 34.4 Å². The summed E-state index contributed by atoms with van der Waals surface area (Å²) in [7, 11) is 0. The van der Waals surface area contributed by atoms with E-state index in [-0.39, 0.29) is 18.8 Å². The molecule has 2 amide bonds. The highest BCUT2D eigenvalue weighted by Gasteiger charge is 2.30. The SMILES string of the molecule is O=C1C=C(Nc2ccc3oc4c(c3c2)CCCC4)C(=O)N1CCO. The normalized spacial score (nSPS) is 17.4. The van der Waals surface area contributed by atoms with Crippen molar-refractivity contribution in [1.29, 1.82) is 0 Å². The van der Waals surface area contributed by atoms with Crippen molar-refractivity contribution in [3.8, 4) is 0 Å². The fourth-order valence-corrected chi connectivity index (χ4v) is 3.41. The minimum atomic E-state index is -0.414. The molecule has 2 heterocycles. The van der Waals surface area contributed by atoms with E-state index >= 15 is 0 Å². The Balaban J connectivity index is 1.62. The van der Waals surface area contributed by atoms with E-state index in [1.54, 1.807) is 0 Å². The summed E-state index contributed by atoms with van der Waals surface area (Å²) >= 11 is 0. The Hall–Kier alpha value is -2.60. The van der Waals surface area contributed by atoms with E-state index in [1.807, 2.05) is 18.2 Å². The quantitative estimate of drug-likeness (QED) is 0.839. The molecule has 1 aliphatic heterocycles. The van der Waals surface area contributed by atoms with E-state index in [0.717, 1.165) is 53.0 Å². The van der Waals surface area contributed by atoms with E-state index in [4.69, 9.17) is 9.52 Å². The zero-order chi connectivity index (χ0) is 16.7. The third kappa shape index (κ3) is 2.39. The maximum atomic E-state index is 12.2.